The van der Waals surface area contributed by atoms with Gasteiger partial charge in [-0.15, -0.1) is 24.8 Å². The predicted octanol–water partition coefficient (Wildman–Crippen LogP) is 1.79. The molecule has 10 heteroatoms. The molecule has 2 aromatic rings. The van der Waals surface area contributed by atoms with Gasteiger partial charge in [-0.2, -0.15) is 0 Å². The van der Waals surface area contributed by atoms with Gasteiger partial charge in [0.2, 0.25) is 5.91 Å². The van der Waals surface area contributed by atoms with E-state index in [0.717, 1.165) is 42.8 Å². The molecular formula is C20H33Cl2N5O3. The van der Waals surface area contributed by atoms with Gasteiger partial charge >= 0.3 is 0 Å². The van der Waals surface area contributed by atoms with E-state index in [1.54, 1.807) is 14.2 Å². The SMILES string of the molecule is COCC1(CNC(=O)CCc2c(C)nc3[nH]n(C)c(=O)c3c2C)CCNCC1.Cl.Cl. The van der Waals surface area contributed by atoms with E-state index in [9.17, 15) is 9.59 Å². The fourth-order valence-corrected chi connectivity index (χ4v) is 4.23. The predicted molar refractivity (Wildman–Crippen MR) is 123 cm³/mol. The van der Waals surface area contributed by atoms with Crippen molar-refractivity contribution in [2.75, 3.05) is 33.4 Å². The van der Waals surface area contributed by atoms with Gasteiger partial charge < -0.3 is 15.4 Å². The van der Waals surface area contributed by atoms with E-state index >= 15 is 0 Å². The van der Waals surface area contributed by atoms with E-state index in [2.05, 4.69) is 20.7 Å². The highest BCUT2D eigenvalue weighted by Gasteiger charge is 2.32. The maximum Gasteiger partial charge on any atom is 0.276 e. The molecule has 30 heavy (non-hydrogen) atoms. The van der Waals surface area contributed by atoms with Gasteiger partial charge in [0.25, 0.3) is 5.56 Å². The molecule has 3 N–H and O–H groups in total. The van der Waals surface area contributed by atoms with Crippen LogP contribution in [0.5, 0.6) is 0 Å². The number of aromatic nitrogens is 3. The van der Waals surface area contributed by atoms with Crippen LogP contribution in [0.4, 0.5) is 0 Å². The number of fused-ring (bicyclic) bond motifs is 1. The monoisotopic (exact) mass is 461 g/mol. The summed E-state index contributed by atoms with van der Waals surface area (Å²) in [6.45, 7) is 7.05. The molecule has 3 rings (SSSR count). The number of carbonyl (C=O) groups excluding carboxylic acids is 1. The number of rotatable bonds is 7. The molecule has 1 fully saturated rings. The first-order valence-corrected chi connectivity index (χ1v) is 9.88. The van der Waals surface area contributed by atoms with Gasteiger partial charge in [0.05, 0.1) is 12.0 Å². The lowest BCUT2D eigenvalue weighted by atomic mass is 9.79. The number of aryl methyl sites for hydroxylation is 3. The second-order valence-corrected chi connectivity index (χ2v) is 7.96. The molecule has 0 saturated carbocycles. The molecule has 0 bridgehead atoms. The lowest BCUT2D eigenvalue weighted by molar-refractivity contribution is -0.122. The number of pyridine rings is 1. The van der Waals surface area contributed by atoms with Crippen molar-refractivity contribution in [2.45, 2.75) is 39.5 Å². The summed E-state index contributed by atoms with van der Waals surface area (Å²) in [6.07, 6.45) is 2.94. The first-order valence-electron chi connectivity index (χ1n) is 9.88. The molecule has 1 aliphatic heterocycles. The van der Waals surface area contributed by atoms with Gasteiger partial charge in [-0.1, -0.05) is 0 Å². The molecule has 0 atom stereocenters. The number of hydrogen-bond acceptors (Lipinski definition) is 5. The molecule has 1 amide bonds. The minimum absolute atomic E-state index is 0. The fourth-order valence-electron chi connectivity index (χ4n) is 4.23. The van der Waals surface area contributed by atoms with E-state index in [1.807, 2.05) is 13.8 Å². The van der Waals surface area contributed by atoms with Gasteiger partial charge in [0.15, 0.2) is 5.65 Å². The molecule has 0 radical (unpaired) electrons. The van der Waals surface area contributed by atoms with Crippen molar-refractivity contribution in [3.8, 4) is 0 Å². The molecule has 3 heterocycles. The van der Waals surface area contributed by atoms with Crippen LogP contribution in [0.1, 0.15) is 36.1 Å². The summed E-state index contributed by atoms with van der Waals surface area (Å²) >= 11 is 0. The Morgan fingerprint density at radius 3 is 2.57 bits per heavy atom. The number of halogens is 2. The molecule has 0 aliphatic carbocycles. The molecule has 8 nitrogen and oxygen atoms in total. The fraction of sp³-hybridized carbons (Fsp3) is 0.650. The van der Waals surface area contributed by atoms with E-state index in [1.165, 1.54) is 4.68 Å². The summed E-state index contributed by atoms with van der Waals surface area (Å²) in [4.78, 5) is 29.3. The van der Waals surface area contributed by atoms with E-state index in [4.69, 9.17) is 4.74 Å². The number of amides is 1. The van der Waals surface area contributed by atoms with Gasteiger partial charge in [0, 0.05) is 38.2 Å². The second kappa shape index (κ2) is 11.1. The zero-order valence-corrected chi connectivity index (χ0v) is 19.7. The average molecular weight is 462 g/mol. The quantitative estimate of drug-likeness (QED) is 0.583. The third kappa shape index (κ3) is 5.55. The highest BCUT2D eigenvalue weighted by molar-refractivity contribution is 5.85. The Hall–Kier alpha value is -1.61. The largest absolute Gasteiger partial charge is 0.384 e. The summed E-state index contributed by atoms with van der Waals surface area (Å²) in [5.74, 6) is 0.0230. The lowest BCUT2D eigenvalue weighted by Crippen LogP contribution is -2.47. The number of aromatic amines is 1. The average Bonchev–Trinajstić information content (AvgIpc) is 2.94. The summed E-state index contributed by atoms with van der Waals surface area (Å²) in [5.41, 5.74) is 3.27. The Kier molecular flexibility index (Phi) is 9.81. The Morgan fingerprint density at radius 1 is 1.27 bits per heavy atom. The number of carbonyl (C=O) groups is 1. The Labute approximate surface area is 189 Å². The summed E-state index contributed by atoms with van der Waals surface area (Å²) in [7, 11) is 3.40. The zero-order valence-electron chi connectivity index (χ0n) is 18.1. The van der Waals surface area contributed by atoms with Gasteiger partial charge in [-0.3, -0.25) is 19.4 Å². The van der Waals surface area contributed by atoms with Crippen LogP contribution in [0, 0.1) is 19.3 Å². The van der Waals surface area contributed by atoms with Crippen molar-refractivity contribution < 1.29 is 9.53 Å². The summed E-state index contributed by atoms with van der Waals surface area (Å²) in [6, 6.07) is 0. The van der Waals surface area contributed by atoms with E-state index < -0.39 is 0 Å². The Balaban J connectivity index is 0.00000225. The minimum atomic E-state index is -0.0851. The van der Waals surface area contributed by atoms with Crippen LogP contribution in [0.2, 0.25) is 0 Å². The van der Waals surface area contributed by atoms with Crippen molar-refractivity contribution in [1.29, 1.82) is 0 Å². The summed E-state index contributed by atoms with van der Waals surface area (Å²) < 4.78 is 6.85. The first-order chi connectivity index (χ1) is 13.4. The first kappa shape index (κ1) is 26.4. The highest BCUT2D eigenvalue weighted by atomic mass is 35.5. The molecule has 0 spiro atoms. The van der Waals surface area contributed by atoms with Crippen molar-refractivity contribution in [3.05, 3.63) is 27.2 Å². The maximum atomic E-state index is 12.5. The standard InChI is InChI=1S/C20H31N5O3.2ClH/c1-13-15(14(2)23-18-17(13)19(27)25(3)24-18)5-6-16(26)22-11-20(12-28-4)7-9-21-10-8-20;;/h21H,5-12H2,1-4H3,(H,22,26)(H,23,24);2*1H. The number of ether oxygens (including phenoxy) is 1. The van der Waals surface area contributed by atoms with Crippen LogP contribution in [0.3, 0.4) is 0 Å². The van der Waals surface area contributed by atoms with Crippen molar-refractivity contribution in [1.82, 2.24) is 25.4 Å². The number of nitrogens with zero attached hydrogens (tertiary/aromatic N) is 2. The van der Waals surface area contributed by atoms with Crippen LogP contribution < -0.4 is 16.2 Å². The zero-order chi connectivity index (χ0) is 20.3. The van der Waals surface area contributed by atoms with Crippen LogP contribution in [-0.4, -0.2) is 54.0 Å². The molecule has 170 valence electrons. The maximum absolute atomic E-state index is 12.5. The van der Waals surface area contributed by atoms with Crippen LogP contribution >= 0.6 is 24.8 Å². The number of hydrogen-bond donors (Lipinski definition) is 3. The highest BCUT2D eigenvalue weighted by Crippen LogP contribution is 2.28. The smallest absolute Gasteiger partial charge is 0.276 e. The molecule has 1 saturated heterocycles. The topological polar surface area (TPSA) is 101 Å². The van der Waals surface area contributed by atoms with E-state index in [-0.39, 0.29) is 41.7 Å². The Morgan fingerprint density at radius 2 is 1.93 bits per heavy atom. The number of methoxy groups -OCH3 is 1. The molecule has 0 aromatic carbocycles. The lowest BCUT2D eigenvalue weighted by Gasteiger charge is -2.37. The van der Waals surface area contributed by atoms with Crippen molar-refractivity contribution in [3.63, 3.8) is 0 Å². The molecule has 2 aromatic heterocycles. The third-order valence-electron chi connectivity index (χ3n) is 5.95. The molecular weight excluding hydrogens is 429 g/mol. The summed E-state index contributed by atoms with van der Waals surface area (Å²) in [5, 5.41) is 10.0. The normalized spacial score (nSPS) is 15.3. The second-order valence-electron chi connectivity index (χ2n) is 7.96. The molecule has 0 unspecified atom stereocenters. The van der Waals surface area contributed by atoms with Gasteiger partial charge in [0.1, 0.15) is 0 Å². The third-order valence-corrected chi connectivity index (χ3v) is 5.95. The number of H-pyrrole nitrogens is 1. The van der Waals surface area contributed by atoms with E-state index in [0.29, 0.717) is 37.0 Å². The van der Waals surface area contributed by atoms with Crippen molar-refractivity contribution >= 4 is 41.8 Å². The van der Waals surface area contributed by atoms with Crippen LogP contribution in [0.15, 0.2) is 4.79 Å². The van der Waals surface area contributed by atoms with Gasteiger partial charge in [-0.25, -0.2) is 4.98 Å². The Bertz CT molecular complexity index is 914. The van der Waals surface area contributed by atoms with Crippen molar-refractivity contribution in [2.24, 2.45) is 12.5 Å². The number of piperidine rings is 1. The van der Waals surface area contributed by atoms with Crippen LogP contribution in [0.25, 0.3) is 11.0 Å². The number of nitrogens with one attached hydrogen (secondary N) is 3. The van der Waals surface area contributed by atoms with Crippen LogP contribution in [-0.2, 0) is 23.0 Å². The minimum Gasteiger partial charge on any atom is -0.384 e. The molecule has 1 aliphatic rings. The van der Waals surface area contributed by atoms with Gasteiger partial charge in [-0.05, 0) is 57.3 Å².